The van der Waals surface area contributed by atoms with Crippen LogP contribution in [0.5, 0.6) is 11.5 Å². The number of methoxy groups -OCH3 is 1. The van der Waals surface area contributed by atoms with Gasteiger partial charge >= 0.3 is 0 Å². The third-order valence-corrected chi connectivity index (χ3v) is 5.83. The van der Waals surface area contributed by atoms with Crippen LogP contribution >= 0.6 is 11.3 Å². The summed E-state index contributed by atoms with van der Waals surface area (Å²) in [5, 5.41) is 10.5. The number of nitrogens with one attached hydrogen (secondary N) is 2. The van der Waals surface area contributed by atoms with Crippen LogP contribution in [-0.4, -0.2) is 51.9 Å². The molecule has 29 heavy (non-hydrogen) atoms. The van der Waals surface area contributed by atoms with Crippen molar-refractivity contribution >= 4 is 22.3 Å². The second kappa shape index (κ2) is 11.6. The van der Waals surface area contributed by atoms with Gasteiger partial charge in [0.25, 0.3) is 0 Å². The lowest BCUT2D eigenvalue weighted by Gasteiger charge is -2.33. The molecule has 0 aliphatic carbocycles. The Kier molecular flexibility index (Phi) is 8.49. The summed E-state index contributed by atoms with van der Waals surface area (Å²) in [6.45, 7) is 6.53. The summed E-state index contributed by atoms with van der Waals surface area (Å²) in [7, 11) is 1.66. The zero-order valence-corrected chi connectivity index (χ0v) is 18.2. The molecule has 0 unspecified atom stereocenters. The minimum absolute atomic E-state index is 0.472. The second-order valence-corrected chi connectivity index (χ2v) is 7.92. The van der Waals surface area contributed by atoms with E-state index < -0.39 is 0 Å². The molecule has 0 bridgehead atoms. The third kappa shape index (κ3) is 6.85. The Labute approximate surface area is 177 Å². The first-order valence-electron chi connectivity index (χ1n) is 10.4. The molecule has 158 valence electrons. The van der Waals surface area contributed by atoms with E-state index in [0.29, 0.717) is 12.6 Å². The predicted octanol–water partition coefficient (Wildman–Crippen LogP) is 3.75. The summed E-state index contributed by atoms with van der Waals surface area (Å²) < 4.78 is 10.9. The molecule has 1 fully saturated rings. The molecule has 6 nitrogen and oxygen atoms in total. The summed E-state index contributed by atoms with van der Waals surface area (Å²) in [6.07, 6.45) is 3.13. The second-order valence-electron chi connectivity index (χ2n) is 7.00. The molecule has 7 heteroatoms. The summed E-state index contributed by atoms with van der Waals surface area (Å²) in [4.78, 5) is 7.19. The van der Waals surface area contributed by atoms with Gasteiger partial charge in [-0.1, -0.05) is 0 Å². The van der Waals surface area contributed by atoms with Gasteiger partial charge in [-0.3, -0.25) is 4.99 Å². The van der Waals surface area contributed by atoms with Crippen LogP contribution in [-0.2, 0) is 0 Å². The van der Waals surface area contributed by atoms with E-state index >= 15 is 0 Å². The maximum Gasteiger partial charge on any atom is 0.191 e. The lowest BCUT2D eigenvalue weighted by Crippen LogP contribution is -2.48. The molecular formula is C22H32N4O2S. The van der Waals surface area contributed by atoms with Crippen LogP contribution in [0, 0.1) is 0 Å². The monoisotopic (exact) mass is 416 g/mol. The zero-order chi connectivity index (χ0) is 20.3. The Morgan fingerprint density at radius 2 is 1.93 bits per heavy atom. The number of ether oxygens (including phenoxy) is 2. The van der Waals surface area contributed by atoms with E-state index in [-0.39, 0.29) is 0 Å². The Bertz CT molecular complexity index is 726. The Balaban J connectivity index is 1.38. The highest BCUT2D eigenvalue weighted by atomic mass is 32.1. The zero-order valence-electron chi connectivity index (χ0n) is 17.4. The van der Waals surface area contributed by atoms with Crippen molar-refractivity contribution in [2.45, 2.75) is 32.2 Å². The van der Waals surface area contributed by atoms with Crippen LogP contribution in [0.2, 0.25) is 0 Å². The minimum Gasteiger partial charge on any atom is -0.497 e. The van der Waals surface area contributed by atoms with Crippen molar-refractivity contribution in [2.24, 2.45) is 4.99 Å². The average molecular weight is 417 g/mol. The van der Waals surface area contributed by atoms with Crippen LogP contribution in [0.3, 0.4) is 0 Å². The fourth-order valence-electron chi connectivity index (χ4n) is 3.32. The van der Waals surface area contributed by atoms with Crippen molar-refractivity contribution in [3.8, 4) is 11.5 Å². The van der Waals surface area contributed by atoms with Gasteiger partial charge in [0.1, 0.15) is 11.5 Å². The summed E-state index contributed by atoms with van der Waals surface area (Å²) in [5.74, 6) is 2.60. The molecule has 1 aromatic carbocycles. The molecule has 2 heterocycles. The Morgan fingerprint density at radius 3 is 2.59 bits per heavy atom. The number of piperidine rings is 1. The predicted molar refractivity (Wildman–Crippen MR) is 122 cm³/mol. The first-order valence-corrected chi connectivity index (χ1v) is 11.3. The molecular weight excluding hydrogens is 384 g/mol. The molecule has 0 amide bonds. The van der Waals surface area contributed by atoms with Crippen molar-refractivity contribution in [1.82, 2.24) is 10.6 Å². The summed E-state index contributed by atoms with van der Waals surface area (Å²) >= 11 is 1.82. The number of guanidine groups is 1. The fourth-order valence-corrected chi connectivity index (χ4v) is 4.11. The van der Waals surface area contributed by atoms with Crippen molar-refractivity contribution < 1.29 is 9.47 Å². The molecule has 0 radical (unpaired) electrons. The van der Waals surface area contributed by atoms with E-state index in [1.807, 2.05) is 35.6 Å². The molecule has 2 aromatic rings. The topological polar surface area (TPSA) is 58.1 Å². The van der Waals surface area contributed by atoms with E-state index in [9.17, 15) is 0 Å². The van der Waals surface area contributed by atoms with E-state index in [1.165, 1.54) is 5.00 Å². The van der Waals surface area contributed by atoms with Gasteiger partial charge in [-0.05, 0) is 61.5 Å². The highest BCUT2D eigenvalue weighted by Gasteiger charge is 2.20. The first-order chi connectivity index (χ1) is 14.3. The van der Waals surface area contributed by atoms with Gasteiger partial charge in [-0.25, -0.2) is 0 Å². The van der Waals surface area contributed by atoms with Gasteiger partial charge in [0.15, 0.2) is 5.96 Å². The van der Waals surface area contributed by atoms with Gasteiger partial charge in [-0.15, -0.1) is 11.3 Å². The molecule has 3 rings (SSSR count). The van der Waals surface area contributed by atoms with Crippen molar-refractivity contribution in [1.29, 1.82) is 0 Å². The van der Waals surface area contributed by atoms with Gasteiger partial charge < -0.3 is 25.0 Å². The number of hydrogen-bond acceptors (Lipinski definition) is 5. The quantitative estimate of drug-likeness (QED) is 0.370. The van der Waals surface area contributed by atoms with Crippen LogP contribution in [0.4, 0.5) is 5.00 Å². The van der Waals surface area contributed by atoms with Crippen molar-refractivity contribution in [3.05, 3.63) is 41.8 Å². The van der Waals surface area contributed by atoms with Gasteiger partial charge in [0.05, 0.1) is 18.7 Å². The number of thiophene rings is 1. The van der Waals surface area contributed by atoms with Crippen LogP contribution < -0.4 is 25.0 Å². The van der Waals surface area contributed by atoms with Crippen LogP contribution in [0.1, 0.15) is 26.2 Å². The van der Waals surface area contributed by atoms with E-state index in [4.69, 9.17) is 14.5 Å². The first kappa shape index (κ1) is 21.3. The van der Waals surface area contributed by atoms with Crippen LogP contribution in [0.25, 0.3) is 0 Å². The van der Waals surface area contributed by atoms with Gasteiger partial charge in [-0.2, -0.15) is 0 Å². The molecule has 1 saturated heterocycles. The highest BCUT2D eigenvalue weighted by Crippen LogP contribution is 2.24. The molecule has 1 aliphatic rings. The molecule has 1 aliphatic heterocycles. The molecule has 0 atom stereocenters. The van der Waals surface area contributed by atoms with Crippen molar-refractivity contribution in [3.63, 3.8) is 0 Å². The number of rotatable bonds is 9. The third-order valence-electron chi connectivity index (χ3n) is 4.90. The smallest absolute Gasteiger partial charge is 0.191 e. The number of nitrogens with zero attached hydrogens (tertiary/aromatic N) is 2. The Hall–Kier alpha value is -2.41. The highest BCUT2D eigenvalue weighted by molar-refractivity contribution is 7.14. The largest absolute Gasteiger partial charge is 0.497 e. The number of aliphatic imine (C=N–C) groups is 1. The maximum absolute atomic E-state index is 5.77. The number of hydrogen-bond donors (Lipinski definition) is 2. The molecule has 0 saturated carbocycles. The lowest BCUT2D eigenvalue weighted by molar-refractivity contribution is 0.312. The van der Waals surface area contributed by atoms with E-state index in [1.54, 1.807) is 7.11 Å². The van der Waals surface area contributed by atoms with Crippen molar-refractivity contribution in [2.75, 3.05) is 44.8 Å². The fraction of sp³-hybridized carbons (Fsp3) is 0.500. The maximum atomic E-state index is 5.77. The van der Waals surface area contributed by atoms with Crippen LogP contribution in [0.15, 0.2) is 46.8 Å². The number of benzene rings is 1. The van der Waals surface area contributed by atoms with E-state index in [2.05, 4.69) is 40.0 Å². The molecule has 2 N–H and O–H groups in total. The normalized spacial score (nSPS) is 15.2. The van der Waals surface area contributed by atoms with Gasteiger partial charge in [0.2, 0.25) is 0 Å². The number of anilines is 1. The minimum atomic E-state index is 0.472. The Morgan fingerprint density at radius 1 is 1.17 bits per heavy atom. The molecule has 0 spiro atoms. The lowest BCUT2D eigenvalue weighted by atomic mass is 10.1. The summed E-state index contributed by atoms with van der Waals surface area (Å²) in [6, 6.07) is 12.5. The molecule has 1 aromatic heterocycles. The standard InChI is InChI=1S/C22H32N4O2S/c1-3-23-22(24-13-5-16-28-20-9-7-19(27-2)8-10-20)25-18-11-14-26(15-12-18)21-6-4-17-29-21/h4,6-10,17-18H,3,5,11-16H2,1-2H3,(H2,23,24,25). The summed E-state index contributed by atoms with van der Waals surface area (Å²) in [5.41, 5.74) is 0. The average Bonchev–Trinajstić information content (AvgIpc) is 3.29. The SMILES string of the molecule is CCNC(=NCCCOc1ccc(OC)cc1)NC1CCN(c2cccs2)CC1. The van der Waals surface area contributed by atoms with Gasteiger partial charge in [0, 0.05) is 38.6 Å². The van der Waals surface area contributed by atoms with E-state index in [0.717, 1.165) is 62.9 Å².